The van der Waals surface area contributed by atoms with Crippen LogP contribution < -0.4 is 5.32 Å². The zero-order chi connectivity index (χ0) is 10.7. The molecule has 0 atom stereocenters. The maximum Gasteiger partial charge on any atom is 0.0733 e. The van der Waals surface area contributed by atoms with E-state index in [1.54, 1.807) is 7.11 Å². The van der Waals surface area contributed by atoms with Crippen LogP contribution >= 0.6 is 0 Å². The van der Waals surface area contributed by atoms with Crippen molar-refractivity contribution in [1.29, 1.82) is 0 Å². The number of anilines is 1. The van der Waals surface area contributed by atoms with Crippen molar-refractivity contribution in [2.45, 2.75) is 32.4 Å². The standard InChI is InChI=1S/C13H19NO/c1-10-7-12(8-10)14-13-6-4-3-5-11(13)9-15-2/h3-6,10,12,14H,7-9H2,1-2H3. The number of nitrogens with one attached hydrogen (secondary N) is 1. The quantitative estimate of drug-likeness (QED) is 0.815. The van der Waals surface area contributed by atoms with E-state index in [1.807, 2.05) is 0 Å². The van der Waals surface area contributed by atoms with Gasteiger partial charge in [0.1, 0.15) is 0 Å². The van der Waals surface area contributed by atoms with Gasteiger partial charge in [0.15, 0.2) is 0 Å². The molecule has 1 aromatic rings. The third-order valence-electron chi connectivity index (χ3n) is 3.05. The molecule has 2 heteroatoms. The zero-order valence-corrected chi connectivity index (χ0v) is 9.49. The SMILES string of the molecule is COCc1ccccc1NC1CC(C)C1. The third kappa shape index (κ3) is 2.51. The topological polar surface area (TPSA) is 21.3 Å². The fraction of sp³-hybridized carbons (Fsp3) is 0.538. The Morgan fingerprint density at radius 2 is 2.07 bits per heavy atom. The average Bonchev–Trinajstić information content (AvgIpc) is 2.19. The van der Waals surface area contributed by atoms with E-state index in [0.717, 1.165) is 5.92 Å². The maximum atomic E-state index is 5.18. The van der Waals surface area contributed by atoms with E-state index in [1.165, 1.54) is 24.1 Å². The summed E-state index contributed by atoms with van der Waals surface area (Å²) in [6.45, 7) is 2.99. The van der Waals surface area contributed by atoms with Crippen molar-refractivity contribution in [1.82, 2.24) is 0 Å². The molecule has 1 aliphatic carbocycles. The van der Waals surface area contributed by atoms with Crippen molar-refractivity contribution in [3.05, 3.63) is 29.8 Å². The lowest BCUT2D eigenvalue weighted by Crippen LogP contribution is -2.34. The summed E-state index contributed by atoms with van der Waals surface area (Å²) in [6, 6.07) is 9.05. The van der Waals surface area contributed by atoms with E-state index >= 15 is 0 Å². The van der Waals surface area contributed by atoms with Crippen molar-refractivity contribution >= 4 is 5.69 Å². The summed E-state index contributed by atoms with van der Waals surface area (Å²) in [5.74, 6) is 0.886. The molecule has 1 aromatic carbocycles. The van der Waals surface area contributed by atoms with Crippen LogP contribution in [0.1, 0.15) is 25.3 Å². The van der Waals surface area contributed by atoms with Gasteiger partial charge in [-0.3, -0.25) is 0 Å². The predicted octanol–water partition coefficient (Wildman–Crippen LogP) is 3.04. The van der Waals surface area contributed by atoms with Gasteiger partial charge < -0.3 is 10.1 Å². The molecule has 0 heterocycles. The van der Waals surface area contributed by atoms with Gasteiger partial charge in [-0.2, -0.15) is 0 Å². The van der Waals surface area contributed by atoms with Crippen LogP contribution in [0, 0.1) is 5.92 Å². The van der Waals surface area contributed by atoms with Crippen LogP contribution in [0.5, 0.6) is 0 Å². The first-order valence-corrected chi connectivity index (χ1v) is 5.63. The van der Waals surface area contributed by atoms with Crippen LogP contribution in [0.2, 0.25) is 0 Å². The highest BCUT2D eigenvalue weighted by Gasteiger charge is 2.25. The number of ether oxygens (including phenoxy) is 1. The van der Waals surface area contributed by atoms with Crippen LogP contribution in [0.25, 0.3) is 0 Å². The van der Waals surface area contributed by atoms with Crippen LogP contribution in [-0.2, 0) is 11.3 Å². The molecule has 0 spiro atoms. The summed E-state index contributed by atoms with van der Waals surface area (Å²) < 4.78 is 5.18. The normalized spacial score (nSPS) is 24.7. The second-order valence-corrected chi connectivity index (χ2v) is 4.51. The maximum absolute atomic E-state index is 5.18. The minimum absolute atomic E-state index is 0.665. The largest absolute Gasteiger partial charge is 0.382 e. The lowest BCUT2D eigenvalue weighted by atomic mass is 9.81. The molecule has 2 rings (SSSR count). The molecule has 0 saturated heterocycles. The highest BCUT2D eigenvalue weighted by molar-refractivity contribution is 5.51. The molecule has 0 bridgehead atoms. The number of benzene rings is 1. The van der Waals surface area contributed by atoms with Gasteiger partial charge in [0.2, 0.25) is 0 Å². The van der Waals surface area contributed by atoms with Gasteiger partial charge >= 0.3 is 0 Å². The van der Waals surface area contributed by atoms with Crippen LogP contribution in [0.3, 0.4) is 0 Å². The smallest absolute Gasteiger partial charge is 0.0733 e. The van der Waals surface area contributed by atoms with E-state index in [2.05, 4.69) is 36.5 Å². The first kappa shape index (κ1) is 10.5. The van der Waals surface area contributed by atoms with Crippen LogP contribution in [0.4, 0.5) is 5.69 Å². The molecule has 0 aromatic heterocycles. The zero-order valence-electron chi connectivity index (χ0n) is 9.49. The third-order valence-corrected chi connectivity index (χ3v) is 3.05. The van der Waals surface area contributed by atoms with Crippen LogP contribution in [0.15, 0.2) is 24.3 Å². The molecule has 0 unspecified atom stereocenters. The monoisotopic (exact) mass is 205 g/mol. The Balaban J connectivity index is 2.00. The van der Waals surface area contributed by atoms with Crippen molar-refractivity contribution in [3.8, 4) is 0 Å². The Morgan fingerprint density at radius 3 is 2.73 bits per heavy atom. The van der Waals surface area contributed by atoms with E-state index in [0.29, 0.717) is 12.6 Å². The number of methoxy groups -OCH3 is 1. The van der Waals surface area contributed by atoms with Gasteiger partial charge in [0, 0.05) is 24.4 Å². The fourth-order valence-electron chi connectivity index (χ4n) is 2.18. The first-order chi connectivity index (χ1) is 7.29. The molecule has 1 aliphatic rings. The molecule has 0 radical (unpaired) electrons. The number of hydrogen-bond acceptors (Lipinski definition) is 2. The molecule has 15 heavy (non-hydrogen) atoms. The Bertz CT molecular complexity index is 318. The van der Waals surface area contributed by atoms with Gasteiger partial charge in [0.25, 0.3) is 0 Å². The molecule has 0 aliphatic heterocycles. The molecule has 1 fully saturated rings. The summed E-state index contributed by atoms with van der Waals surface area (Å²) in [6.07, 6.45) is 2.59. The molecule has 2 nitrogen and oxygen atoms in total. The van der Waals surface area contributed by atoms with Gasteiger partial charge in [-0.1, -0.05) is 25.1 Å². The number of para-hydroxylation sites is 1. The highest BCUT2D eigenvalue weighted by atomic mass is 16.5. The summed E-state index contributed by atoms with van der Waals surface area (Å²) in [4.78, 5) is 0. The second-order valence-electron chi connectivity index (χ2n) is 4.51. The molecule has 1 N–H and O–H groups in total. The fourth-order valence-corrected chi connectivity index (χ4v) is 2.18. The molecular weight excluding hydrogens is 186 g/mol. The number of rotatable bonds is 4. The van der Waals surface area contributed by atoms with E-state index in [-0.39, 0.29) is 0 Å². The van der Waals surface area contributed by atoms with E-state index in [9.17, 15) is 0 Å². The van der Waals surface area contributed by atoms with Crippen molar-refractivity contribution in [3.63, 3.8) is 0 Å². The van der Waals surface area contributed by atoms with Gasteiger partial charge in [-0.05, 0) is 24.8 Å². The Morgan fingerprint density at radius 1 is 1.33 bits per heavy atom. The molecule has 0 amide bonds. The van der Waals surface area contributed by atoms with Gasteiger partial charge in [-0.15, -0.1) is 0 Å². The minimum atomic E-state index is 0.665. The van der Waals surface area contributed by atoms with Crippen molar-refractivity contribution in [2.24, 2.45) is 5.92 Å². The summed E-state index contributed by atoms with van der Waals surface area (Å²) in [5, 5.41) is 3.58. The van der Waals surface area contributed by atoms with E-state index in [4.69, 9.17) is 4.74 Å². The Kier molecular flexibility index (Phi) is 3.27. The summed E-state index contributed by atoms with van der Waals surface area (Å²) >= 11 is 0. The minimum Gasteiger partial charge on any atom is -0.382 e. The van der Waals surface area contributed by atoms with Crippen LogP contribution in [-0.4, -0.2) is 13.2 Å². The second kappa shape index (κ2) is 4.67. The van der Waals surface area contributed by atoms with Gasteiger partial charge in [0.05, 0.1) is 6.61 Å². The molecular formula is C13H19NO. The molecule has 82 valence electrons. The molecule has 1 saturated carbocycles. The summed E-state index contributed by atoms with van der Waals surface area (Å²) in [5.41, 5.74) is 2.48. The Labute approximate surface area is 91.6 Å². The van der Waals surface area contributed by atoms with Gasteiger partial charge in [-0.25, -0.2) is 0 Å². The Hall–Kier alpha value is -1.02. The predicted molar refractivity (Wildman–Crippen MR) is 63.0 cm³/mol. The summed E-state index contributed by atoms with van der Waals surface area (Å²) in [7, 11) is 1.74. The highest BCUT2D eigenvalue weighted by Crippen LogP contribution is 2.30. The lowest BCUT2D eigenvalue weighted by Gasteiger charge is -2.34. The van der Waals surface area contributed by atoms with E-state index < -0.39 is 0 Å². The van der Waals surface area contributed by atoms with Crippen molar-refractivity contribution < 1.29 is 4.74 Å². The average molecular weight is 205 g/mol. The van der Waals surface area contributed by atoms with Crippen molar-refractivity contribution in [2.75, 3.05) is 12.4 Å². The first-order valence-electron chi connectivity index (χ1n) is 5.63. The lowest BCUT2D eigenvalue weighted by molar-refractivity contribution is 0.185. The number of hydrogen-bond donors (Lipinski definition) is 1.